The number of hydrogen-bond donors (Lipinski definition) is 3. The summed E-state index contributed by atoms with van der Waals surface area (Å²) in [5.74, 6) is -1.81. The molecule has 1 aliphatic rings. The fourth-order valence-electron chi connectivity index (χ4n) is 4.51. The molecular formula is C27H26N6O4S. The number of ether oxygens (including phenoxy) is 1. The third kappa shape index (κ3) is 5.06. The number of primary amides is 1. The predicted octanol–water partition coefficient (Wildman–Crippen LogP) is 3.06. The van der Waals surface area contributed by atoms with Crippen molar-refractivity contribution in [3.63, 3.8) is 0 Å². The van der Waals surface area contributed by atoms with Crippen molar-refractivity contribution in [2.45, 2.75) is 25.0 Å². The van der Waals surface area contributed by atoms with E-state index in [1.165, 1.54) is 4.90 Å². The van der Waals surface area contributed by atoms with Crippen LogP contribution in [0.2, 0.25) is 0 Å². The minimum Gasteiger partial charge on any atom is -0.395 e. The molecule has 1 aliphatic heterocycles. The third-order valence-electron chi connectivity index (χ3n) is 6.39. The Bertz CT molecular complexity index is 1490. The lowest BCUT2D eigenvalue weighted by molar-refractivity contribution is -0.123. The number of rotatable bonds is 8. The monoisotopic (exact) mass is 530 g/mol. The standard InChI is InChI=1S/C27H26N6O4S/c28-21-22(25(29)34)32-38-24(21)27(36)33(18-7-2-1-3-8-18)23(26(35)31-15-19-9-5-13-37-19)17-10-11-20-16(14-17)6-4-12-30-20/h1-4,6-8,10-12,14,19,23H,5,9,13,15,28H2,(H2,29,34)(H,31,35)/t19-,23+/m1/s1. The van der Waals surface area contributed by atoms with Crippen LogP contribution in [0.5, 0.6) is 0 Å². The van der Waals surface area contributed by atoms with Crippen LogP contribution in [0.25, 0.3) is 10.9 Å². The number of nitrogens with one attached hydrogen (secondary N) is 1. The fourth-order valence-corrected chi connectivity index (χ4v) is 5.25. The molecule has 10 nitrogen and oxygen atoms in total. The molecule has 3 heterocycles. The molecule has 0 spiro atoms. The van der Waals surface area contributed by atoms with Gasteiger partial charge in [-0.25, -0.2) is 0 Å². The Kier molecular flexibility index (Phi) is 7.29. The van der Waals surface area contributed by atoms with Gasteiger partial charge in [-0.1, -0.05) is 30.3 Å². The van der Waals surface area contributed by atoms with Gasteiger partial charge in [0.1, 0.15) is 10.9 Å². The maximum Gasteiger partial charge on any atom is 0.273 e. The molecule has 5 rings (SSSR count). The Balaban J connectivity index is 1.62. The molecule has 11 heteroatoms. The van der Waals surface area contributed by atoms with E-state index in [1.54, 1.807) is 36.5 Å². The molecule has 2 aromatic carbocycles. The van der Waals surface area contributed by atoms with E-state index < -0.39 is 17.9 Å². The van der Waals surface area contributed by atoms with E-state index in [0.717, 1.165) is 35.3 Å². The summed E-state index contributed by atoms with van der Waals surface area (Å²) in [5, 5.41) is 3.79. The zero-order chi connectivity index (χ0) is 26.6. The van der Waals surface area contributed by atoms with Crippen LogP contribution in [0.3, 0.4) is 0 Å². The molecule has 0 unspecified atom stereocenters. The molecule has 4 aromatic rings. The number of aromatic nitrogens is 2. The lowest BCUT2D eigenvalue weighted by Crippen LogP contribution is -2.45. The molecule has 2 aromatic heterocycles. The Hall–Kier alpha value is -4.35. The van der Waals surface area contributed by atoms with Gasteiger partial charge in [-0.05, 0) is 60.3 Å². The van der Waals surface area contributed by atoms with Crippen molar-refractivity contribution in [1.29, 1.82) is 0 Å². The molecule has 0 radical (unpaired) electrons. The van der Waals surface area contributed by atoms with Gasteiger partial charge in [-0.3, -0.25) is 24.3 Å². The maximum atomic E-state index is 14.1. The van der Waals surface area contributed by atoms with Gasteiger partial charge < -0.3 is 21.5 Å². The van der Waals surface area contributed by atoms with Gasteiger partial charge in [0.2, 0.25) is 5.91 Å². The summed E-state index contributed by atoms with van der Waals surface area (Å²) in [6, 6.07) is 16.9. The second kappa shape index (κ2) is 11.0. The van der Waals surface area contributed by atoms with Crippen LogP contribution in [-0.2, 0) is 9.53 Å². The summed E-state index contributed by atoms with van der Waals surface area (Å²) in [7, 11) is 0. The second-order valence-corrected chi connectivity index (χ2v) is 9.66. The Morgan fingerprint density at radius 2 is 1.95 bits per heavy atom. The average Bonchev–Trinajstić information content (AvgIpc) is 3.60. The number of amides is 3. The first-order valence-corrected chi connectivity index (χ1v) is 12.9. The van der Waals surface area contributed by atoms with E-state index in [4.69, 9.17) is 16.2 Å². The van der Waals surface area contributed by atoms with Crippen LogP contribution in [0, 0.1) is 0 Å². The molecule has 5 N–H and O–H groups in total. The average molecular weight is 531 g/mol. The number of nitrogens with two attached hydrogens (primary N) is 2. The SMILES string of the molecule is NC(=O)c1nsc(C(=O)N(c2ccccc2)[C@H](C(=O)NC[C@H]2CCCO2)c2ccc3ncccc3c2)c1N. The topological polar surface area (TPSA) is 154 Å². The van der Waals surface area contributed by atoms with Gasteiger partial charge >= 0.3 is 0 Å². The van der Waals surface area contributed by atoms with E-state index >= 15 is 0 Å². The van der Waals surface area contributed by atoms with Gasteiger partial charge in [-0.15, -0.1) is 0 Å². The van der Waals surface area contributed by atoms with Gasteiger partial charge in [0.15, 0.2) is 5.69 Å². The van der Waals surface area contributed by atoms with Crippen LogP contribution in [0.1, 0.15) is 44.6 Å². The maximum absolute atomic E-state index is 14.1. The number of carbonyl (C=O) groups is 3. The number of para-hydroxylation sites is 1. The van der Waals surface area contributed by atoms with Crippen molar-refractivity contribution < 1.29 is 19.1 Å². The first-order chi connectivity index (χ1) is 18.4. The smallest absolute Gasteiger partial charge is 0.273 e. The summed E-state index contributed by atoms with van der Waals surface area (Å²) >= 11 is 0.767. The molecule has 1 fully saturated rings. The fraction of sp³-hybridized carbons (Fsp3) is 0.222. The van der Waals surface area contributed by atoms with E-state index in [1.807, 2.05) is 30.3 Å². The quantitative estimate of drug-likeness (QED) is 0.316. The summed E-state index contributed by atoms with van der Waals surface area (Å²) < 4.78 is 9.67. The molecule has 1 saturated heterocycles. The van der Waals surface area contributed by atoms with E-state index in [-0.39, 0.29) is 28.3 Å². The normalized spacial score (nSPS) is 15.7. The Morgan fingerprint density at radius 1 is 1.13 bits per heavy atom. The highest BCUT2D eigenvalue weighted by Gasteiger charge is 2.36. The van der Waals surface area contributed by atoms with Crippen molar-refractivity contribution in [1.82, 2.24) is 14.7 Å². The zero-order valence-electron chi connectivity index (χ0n) is 20.4. The second-order valence-electron chi connectivity index (χ2n) is 8.89. The predicted molar refractivity (Wildman–Crippen MR) is 145 cm³/mol. The molecule has 0 aliphatic carbocycles. The van der Waals surface area contributed by atoms with E-state index in [0.29, 0.717) is 24.4 Å². The van der Waals surface area contributed by atoms with Crippen molar-refractivity contribution in [2.24, 2.45) is 5.73 Å². The third-order valence-corrected chi connectivity index (χ3v) is 7.24. The van der Waals surface area contributed by atoms with Crippen LogP contribution in [0.4, 0.5) is 11.4 Å². The zero-order valence-corrected chi connectivity index (χ0v) is 21.2. The Morgan fingerprint density at radius 3 is 2.66 bits per heavy atom. The number of carbonyl (C=O) groups excluding carboxylic acids is 3. The molecule has 0 bridgehead atoms. The van der Waals surface area contributed by atoms with Crippen molar-refractivity contribution >= 4 is 51.5 Å². The van der Waals surface area contributed by atoms with Crippen LogP contribution in [0.15, 0.2) is 66.9 Å². The number of nitrogen functional groups attached to an aromatic ring is 1. The van der Waals surface area contributed by atoms with Crippen molar-refractivity contribution in [2.75, 3.05) is 23.8 Å². The van der Waals surface area contributed by atoms with E-state index in [2.05, 4.69) is 14.7 Å². The van der Waals surface area contributed by atoms with Gasteiger partial charge in [0.25, 0.3) is 11.8 Å². The lowest BCUT2D eigenvalue weighted by atomic mass is 10.00. The van der Waals surface area contributed by atoms with E-state index in [9.17, 15) is 14.4 Å². The van der Waals surface area contributed by atoms with Crippen LogP contribution < -0.4 is 21.7 Å². The molecule has 3 amide bonds. The molecule has 194 valence electrons. The Labute approximate surface area is 222 Å². The first-order valence-electron chi connectivity index (χ1n) is 12.1. The summed E-state index contributed by atoms with van der Waals surface area (Å²) in [6.07, 6.45) is 3.39. The highest BCUT2D eigenvalue weighted by atomic mass is 32.1. The lowest BCUT2D eigenvalue weighted by Gasteiger charge is -2.31. The minimum absolute atomic E-state index is 0.0158. The molecule has 38 heavy (non-hydrogen) atoms. The number of benzene rings is 2. The molecule has 2 atom stereocenters. The van der Waals surface area contributed by atoms with Crippen molar-refractivity contribution in [3.05, 3.63) is 83.0 Å². The minimum atomic E-state index is -1.07. The summed E-state index contributed by atoms with van der Waals surface area (Å²) in [4.78, 5) is 45.5. The van der Waals surface area contributed by atoms with Gasteiger partial charge in [0.05, 0.1) is 17.3 Å². The largest absolute Gasteiger partial charge is 0.395 e. The van der Waals surface area contributed by atoms with Crippen molar-refractivity contribution in [3.8, 4) is 0 Å². The van der Waals surface area contributed by atoms with Gasteiger partial charge in [-0.2, -0.15) is 4.37 Å². The number of anilines is 2. The van der Waals surface area contributed by atoms with Crippen LogP contribution >= 0.6 is 11.5 Å². The number of pyridine rings is 1. The number of hydrogen-bond acceptors (Lipinski definition) is 8. The summed E-state index contributed by atoms with van der Waals surface area (Å²) in [5.41, 5.74) is 13.0. The molecular weight excluding hydrogens is 504 g/mol. The molecule has 0 saturated carbocycles. The highest BCUT2D eigenvalue weighted by Crippen LogP contribution is 2.34. The van der Waals surface area contributed by atoms with Crippen LogP contribution in [-0.4, -0.2) is 46.3 Å². The van der Waals surface area contributed by atoms with Gasteiger partial charge in [0, 0.05) is 30.4 Å². The highest BCUT2D eigenvalue weighted by molar-refractivity contribution is 7.09. The number of fused-ring (bicyclic) bond motifs is 1. The number of nitrogens with zero attached hydrogens (tertiary/aromatic N) is 3. The first kappa shape index (κ1) is 25.3. The summed E-state index contributed by atoms with van der Waals surface area (Å²) in [6.45, 7) is 0.971.